The topological polar surface area (TPSA) is 26.0 Å². The summed E-state index contributed by atoms with van der Waals surface area (Å²) in [5, 5.41) is 0. The lowest BCUT2D eigenvalue weighted by Crippen LogP contribution is -2.25. The Labute approximate surface area is 59.6 Å². The lowest BCUT2D eigenvalue weighted by atomic mass is 10.0. The average molecular weight is 149 g/mol. The summed E-state index contributed by atoms with van der Waals surface area (Å²) in [5.74, 6) is -2.40. The Morgan fingerprint density at radius 3 is 2.40 bits per heavy atom. The van der Waals surface area contributed by atoms with Gasteiger partial charge in [-0.15, -0.1) is 0 Å². The summed E-state index contributed by atoms with van der Waals surface area (Å²) in [6.45, 7) is 1.80. The average Bonchev–Trinajstić information content (AvgIpc) is 2.10. The van der Waals surface area contributed by atoms with Crippen molar-refractivity contribution in [3.63, 3.8) is 0 Å². The zero-order valence-electron chi connectivity index (χ0n) is 6.11. The van der Waals surface area contributed by atoms with Crippen LogP contribution in [-0.2, 0) is 0 Å². The summed E-state index contributed by atoms with van der Waals surface area (Å²) in [5.41, 5.74) is 5.49. The molecule has 1 aliphatic carbocycles. The van der Waals surface area contributed by atoms with Crippen molar-refractivity contribution in [1.82, 2.24) is 0 Å². The number of rotatable bonds is 1. The van der Waals surface area contributed by atoms with Crippen LogP contribution in [0.1, 0.15) is 26.2 Å². The van der Waals surface area contributed by atoms with Gasteiger partial charge in [0.05, 0.1) is 0 Å². The van der Waals surface area contributed by atoms with Crippen LogP contribution in [0.3, 0.4) is 0 Å². The lowest BCUT2D eigenvalue weighted by molar-refractivity contribution is 0.00418. The quantitative estimate of drug-likeness (QED) is 0.604. The highest BCUT2D eigenvalue weighted by Crippen LogP contribution is 2.39. The molecule has 0 aromatic heterocycles. The Morgan fingerprint density at radius 2 is 2.20 bits per heavy atom. The van der Waals surface area contributed by atoms with Gasteiger partial charge in [-0.25, -0.2) is 8.78 Å². The van der Waals surface area contributed by atoms with E-state index < -0.39 is 5.92 Å². The molecule has 1 fully saturated rings. The van der Waals surface area contributed by atoms with Crippen molar-refractivity contribution < 1.29 is 8.78 Å². The van der Waals surface area contributed by atoms with Gasteiger partial charge in [0.25, 0.3) is 0 Å². The molecule has 2 atom stereocenters. The van der Waals surface area contributed by atoms with Crippen molar-refractivity contribution in [2.45, 2.75) is 38.2 Å². The van der Waals surface area contributed by atoms with Crippen molar-refractivity contribution in [2.75, 3.05) is 0 Å². The second-order valence-corrected chi connectivity index (χ2v) is 3.22. The van der Waals surface area contributed by atoms with Gasteiger partial charge in [0.15, 0.2) is 0 Å². The fraction of sp³-hybridized carbons (Fsp3) is 1.00. The van der Waals surface area contributed by atoms with E-state index in [1.807, 2.05) is 0 Å². The first-order valence-electron chi connectivity index (χ1n) is 3.65. The van der Waals surface area contributed by atoms with E-state index in [1.54, 1.807) is 6.92 Å². The van der Waals surface area contributed by atoms with Gasteiger partial charge in [0.1, 0.15) is 0 Å². The van der Waals surface area contributed by atoms with E-state index >= 15 is 0 Å². The molecule has 10 heavy (non-hydrogen) atoms. The molecule has 0 aromatic carbocycles. The van der Waals surface area contributed by atoms with Crippen molar-refractivity contribution in [3.8, 4) is 0 Å². The fourth-order valence-corrected chi connectivity index (χ4v) is 1.43. The molecule has 1 rings (SSSR count). The largest absolute Gasteiger partial charge is 0.328 e. The van der Waals surface area contributed by atoms with E-state index in [9.17, 15) is 8.78 Å². The fourth-order valence-electron chi connectivity index (χ4n) is 1.43. The molecule has 0 bridgehead atoms. The normalized spacial score (nSPS) is 34.2. The molecule has 0 saturated heterocycles. The summed E-state index contributed by atoms with van der Waals surface area (Å²) in [4.78, 5) is 0. The van der Waals surface area contributed by atoms with Crippen LogP contribution in [0, 0.1) is 5.92 Å². The number of hydrogen-bond donors (Lipinski definition) is 1. The number of halogens is 2. The Kier molecular flexibility index (Phi) is 1.95. The summed E-state index contributed by atoms with van der Waals surface area (Å²) in [7, 11) is 0. The van der Waals surface area contributed by atoms with Crippen LogP contribution < -0.4 is 5.73 Å². The van der Waals surface area contributed by atoms with Gasteiger partial charge in [-0.1, -0.05) is 0 Å². The first-order chi connectivity index (χ1) is 4.51. The van der Waals surface area contributed by atoms with Crippen LogP contribution in [0.2, 0.25) is 0 Å². The van der Waals surface area contributed by atoms with Gasteiger partial charge in [-0.05, 0) is 19.3 Å². The molecule has 1 saturated carbocycles. The highest BCUT2D eigenvalue weighted by atomic mass is 19.3. The summed E-state index contributed by atoms with van der Waals surface area (Å²) >= 11 is 0. The van der Waals surface area contributed by atoms with Crippen molar-refractivity contribution in [2.24, 2.45) is 11.7 Å². The molecule has 0 amide bonds. The second kappa shape index (κ2) is 2.46. The van der Waals surface area contributed by atoms with Gasteiger partial charge < -0.3 is 5.73 Å². The zero-order valence-corrected chi connectivity index (χ0v) is 6.11. The molecule has 2 N–H and O–H groups in total. The molecule has 0 heterocycles. The molecular weight excluding hydrogens is 136 g/mol. The second-order valence-electron chi connectivity index (χ2n) is 3.22. The minimum atomic E-state index is -2.43. The van der Waals surface area contributed by atoms with Gasteiger partial charge in [0, 0.05) is 18.9 Å². The van der Waals surface area contributed by atoms with Crippen molar-refractivity contribution >= 4 is 0 Å². The molecule has 0 radical (unpaired) electrons. The molecule has 0 unspecified atom stereocenters. The Hall–Kier alpha value is -0.180. The van der Waals surface area contributed by atoms with Crippen LogP contribution in [-0.4, -0.2) is 12.0 Å². The molecule has 60 valence electrons. The molecule has 0 aromatic rings. The van der Waals surface area contributed by atoms with Gasteiger partial charge in [0.2, 0.25) is 5.92 Å². The third kappa shape index (κ3) is 1.66. The highest BCUT2D eigenvalue weighted by Gasteiger charge is 2.40. The van der Waals surface area contributed by atoms with E-state index in [2.05, 4.69) is 0 Å². The van der Waals surface area contributed by atoms with E-state index in [0.29, 0.717) is 6.42 Å². The maximum atomic E-state index is 12.5. The SMILES string of the molecule is C[C@H](N)[C@@H]1CCC(F)(F)C1. The molecule has 0 aliphatic heterocycles. The summed E-state index contributed by atoms with van der Waals surface area (Å²) < 4.78 is 25.0. The van der Waals surface area contributed by atoms with Gasteiger partial charge >= 0.3 is 0 Å². The Bertz CT molecular complexity index is 123. The predicted molar refractivity (Wildman–Crippen MR) is 35.9 cm³/mol. The lowest BCUT2D eigenvalue weighted by Gasteiger charge is -2.13. The van der Waals surface area contributed by atoms with E-state index in [1.165, 1.54) is 0 Å². The van der Waals surface area contributed by atoms with Crippen LogP contribution in [0.5, 0.6) is 0 Å². The summed E-state index contributed by atoms with van der Waals surface area (Å²) in [6.07, 6.45) is 0.606. The van der Waals surface area contributed by atoms with Crippen LogP contribution >= 0.6 is 0 Å². The number of alkyl halides is 2. The zero-order chi connectivity index (χ0) is 7.78. The highest BCUT2D eigenvalue weighted by molar-refractivity contribution is 4.85. The van der Waals surface area contributed by atoms with E-state index in [0.717, 1.165) is 0 Å². The van der Waals surface area contributed by atoms with Crippen LogP contribution in [0.4, 0.5) is 8.78 Å². The Balaban J connectivity index is 2.43. The van der Waals surface area contributed by atoms with Crippen LogP contribution in [0.15, 0.2) is 0 Å². The minimum absolute atomic E-state index is 0.00926. The number of hydrogen-bond acceptors (Lipinski definition) is 1. The monoisotopic (exact) mass is 149 g/mol. The smallest absolute Gasteiger partial charge is 0.248 e. The van der Waals surface area contributed by atoms with Crippen molar-refractivity contribution in [1.29, 1.82) is 0 Å². The van der Waals surface area contributed by atoms with E-state index in [4.69, 9.17) is 5.73 Å². The summed E-state index contributed by atoms with van der Waals surface area (Å²) in [6, 6.07) is -0.0756. The maximum absolute atomic E-state index is 12.5. The standard InChI is InChI=1S/C7H13F2N/c1-5(10)6-2-3-7(8,9)4-6/h5-6H,2-4,10H2,1H3/t5-,6+/m0/s1. The van der Waals surface area contributed by atoms with Crippen LogP contribution in [0.25, 0.3) is 0 Å². The predicted octanol–water partition coefficient (Wildman–Crippen LogP) is 1.77. The third-order valence-electron chi connectivity index (χ3n) is 2.19. The molecule has 3 heteroatoms. The third-order valence-corrected chi connectivity index (χ3v) is 2.19. The van der Waals surface area contributed by atoms with Crippen molar-refractivity contribution in [3.05, 3.63) is 0 Å². The minimum Gasteiger partial charge on any atom is -0.328 e. The number of nitrogens with two attached hydrogens (primary N) is 1. The first-order valence-corrected chi connectivity index (χ1v) is 3.65. The van der Waals surface area contributed by atoms with Gasteiger partial charge in [-0.3, -0.25) is 0 Å². The van der Waals surface area contributed by atoms with Gasteiger partial charge in [-0.2, -0.15) is 0 Å². The van der Waals surface area contributed by atoms with E-state index in [-0.39, 0.29) is 24.8 Å². The molecule has 1 aliphatic rings. The molecule has 1 nitrogen and oxygen atoms in total. The maximum Gasteiger partial charge on any atom is 0.248 e. The molecular formula is C7H13F2N. The first kappa shape index (κ1) is 7.92. The Morgan fingerprint density at radius 1 is 1.60 bits per heavy atom. The molecule has 0 spiro atoms.